The van der Waals surface area contributed by atoms with E-state index < -0.39 is 0 Å². The lowest BCUT2D eigenvalue weighted by atomic mass is 9.93. The van der Waals surface area contributed by atoms with E-state index in [1.807, 2.05) is 35.7 Å². The highest BCUT2D eigenvalue weighted by Gasteiger charge is 2.26. The van der Waals surface area contributed by atoms with Gasteiger partial charge in [0.05, 0.1) is 11.8 Å². The molecule has 1 aliphatic rings. The maximum atomic E-state index is 12.9. The fourth-order valence-corrected chi connectivity index (χ4v) is 4.44. The second-order valence-electron chi connectivity index (χ2n) is 8.22. The first-order chi connectivity index (χ1) is 14.6. The molecule has 2 aromatic heterocycles. The molecule has 0 N–H and O–H groups in total. The molecule has 3 heterocycles. The Hall–Kier alpha value is -2.89. The van der Waals surface area contributed by atoms with Crippen LogP contribution in [0.5, 0.6) is 0 Å². The van der Waals surface area contributed by atoms with Gasteiger partial charge in [0.2, 0.25) is 0 Å². The largest absolute Gasteiger partial charge is 0.339 e. The summed E-state index contributed by atoms with van der Waals surface area (Å²) in [4.78, 5) is 19.5. The summed E-state index contributed by atoms with van der Waals surface area (Å²) in [7, 11) is 0. The Morgan fingerprint density at radius 3 is 2.50 bits per heavy atom. The minimum absolute atomic E-state index is 0.127. The van der Waals surface area contributed by atoms with Crippen molar-refractivity contribution in [3.8, 4) is 11.4 Å². The molecule has 1 amide bonds. The predicted molar refractivity (Wildman–Crippen MR) is 118 cm³/mol. The molecule has 0 spiro atoms. The monoisotopic (exact) mass is 405 g/mol. The number of carbonyl (C=O) groups is 1. The molecule has 0 saturated carbocycles. The van der Waals surface area contributed by atoms with Crippen LogP contribution < -0.4 is 0 Å². The van der Waals surface area contributed by atoms with Gasteiger partial charge in [0, 0.05) is 49.3 Å². The highest BCUT2D eigenvalue weighted by molar-refractivity contribution is 5.95. The van der Waals surface area contributed by atoms with Crippen LogP contribution >= 0.6 is 0 Å². The summed E-state index contributed by atoms with van der Waals surface area (Å²) >= 11 is 0. The zero-order valence-electron chi connectivity index (χ0n) is 18.2. The molecular formula is C24H31N5O. The second kappa shape index (κ2) is 8.86. The highest BCUT2D eigenvalue weighted by Crippen LogP contribution is 2.25. The van der Waals surface area contributed by atoms with Crippen LogP contribution in [-0.4, -0.2) is 43.2 Å². The summed E-state index contributed by atoms with van der Waals surface area (Å²) in [5, 5.41) is 4.32. The van der Waals surface area contributed by atoms with Gasteiger partial charge in [-0.25, -0.2) is 4.98 Å². The number of piperidine rings is 1. The molecular weight excluding hydrogens is 374 g/mol. The van der Waals surface area contributed by atoms with Crippen LogP contribution in [0.2, 0.25) is 0 Å². The molecule has 1 saturated heterocycles. The van der Waals surface area contributed by atoms with Crippen LogP contribution in [0.4, 0.5) is 0 Å². The number of amides is 1. The van der Waals surface area contributed by atoms with Crippen LogP contribution in [-0.2, 0) is 13.1 Å². The van der Waals surface area contributed by atoms with E-state index in [0.29, 0.717) is 5.92 Å². The normalized spacial score (nSPS) is 15.0. The molecule has 0 bridgehead atoms. The Labute approximate surface area is 178 Å². The average Bonchev–Trinajstić information content (AvgIpc) is 3.34. The molecule has 6 heteroatoms. The molecule has 6 nitrogen and oxygen atoms in total. The number of nitrogens with zero attached hydrogens (tertiary/aromatic N) is 5. The van der Waals surface area contributed by atoms with Crippen LogP contribution in [0.1, 0.15) is 47.9 Å². The number of rotatable bonds is 6. The summed E-state index contributed by atoms with van der Waals surface area (Å²) in [5.74, 6) is 1.81. The number of aryl methyl sites for hydroxylation is 2. The number of aromatic nitrogens is 4. The molecule has 0 unspecified atom stereocenters. The third-order valence-corrected chi connectivity index (χ3v) is 6.38. The molecule has 1 aliphatic heterocycles. The summed E-state index contributed by atoms with van der Waals surface area (Å²) < 4.78 is 4.22. The van der Waals surface area contributed by atoms with Gasteiger partial charge in [-0.05, 0) is 46.0 Å². The summed E-state index contributed by atoms with van der Waals surface area (Å²) in [5.41, 5.74) is 4.07. The van der Waals surface area contributed by atoms with Crippen LogP contribution in [0.3, 0.4) is 0 Å². The Morgan fingerprint density at radius 2 is 1.83 bits per heavy atom. The third kappa shape index (κ3) is 4.04. The first kappa shape index (κ1) is 20.4. The highest BCUT2D eigenvalue weighted by atomic mass is 16.2. The molecule has 1 aromatic carbocycles. The van der Waals surface area contributed by atoms with Crippen molar-refractivity contribution in [2.75, 3.05) is 13.1 Å². The lowest BCUT2D eigenvalue weighted by Gasteiger charge is -2.32. The first-order valence-electron chi connectivity index (χ1n) is 11.0. The maximum Gasteiger partial charge on any atom is 0.257 e. The van der Waals surface area contributed by atoms with Crippen molar-refractivity contribution in [3.63, 3.8) is 0 Å². The summed E-state index contributed by atoms with van der Waals surface area (Å²) in [6, 6.07) is 10.4. The Balaban J connectivity index is 1.34. The predicted octanol–water partition coefficient (Wildman–Crippen LogP) is 4.33. The van der Waals surface area contributed by atoms with Gasteiger partial charge in [0.15, 0.2) is 0 Å². The van der Waals surface area contributed by atoms with Gasteiger partial charge in [-0.1, -0.05) is 30.3 Å². The van der Waals surface area contributed by atoms with Crippen LogP contribution in [0, 0.1) is 19.8 Å². The van der Waals surface area contributed by atoms with Gasteiger partial charge in [-0.15, -0.1) is 0 Å². The molecule has 0 radical (unpaired) electrons. The Kier molecular flexibility index (Phi) is 6.02. The second-order valence-corrected chi connectivity index (χ2v) is 8.22. The van der Waals surface area contributed by atoms with Crippen molar-refractivity contribution in [3.05, 3.63) is 59.7 Å². The Morgan fingerprint density at radius 1 is 1.10 bits per heavy atom. The molecule has 0 aliphatic carbocycles. The lowest BCUT2D eigenvalue weighted by Crippen LogP contribution is -2.38. The topological polar surface area (TPSA) is 56.0 Å². The zero-order valence-corrected chi connectivity index (χ0v) is 18.2. The van der Waals surface area contributed by atoms with E-state index in [9.17, 15) is 4.79 Å². The number of hydrogen-bond acceptors (Lipinski definition) is 3. The molecule has 4 rings (SSSR count). The standard InChI is InChI=1S/C24H31N5O/c1-4-29-19(3)22(17-26-29)24(30)27-13-10-20(11-14-27)12-15-28-18(2)16-25-23(28)21-8-6-5-7-9-21/h5-9,16-17,20H,4,10-15H2,1-3H3. The summed E-state index contributed by atoms with van der Waals surface area (Å²) in [6.45, 7) is 9.57. The van der Waals surface area contributed by atoms with Crippen molar-refractivity contribution in [2.24, 2.45) is 5.92 Å². The van der Waals surface area contributed by atoms with E-state index in [2.05, 4.69) is 45.8 Å². The van der Waals surface area contributed by atoms with Crippen molar-refractivity contribution in [2.45, 2.75) is 53.1 Å². The number of imidazole rings is 1. The van der Waals surface area contributed by atoms with E-state index in [-0.39, 0.29) is 5.91 Å². The van der Waals surface area contributed by atoms with Gasteiger partial charge in [-0.2, -0.15) is 5.10 Å². The van der Waals surface area contributed by atoms with Gasteiger partial charge >= 0.3 is 0 Å². The van der Waals surface area contributed by atoms with E-state index >= 15 is 0 Å². The molecule has 3 aromatic rings. The van der Waals surface area contributed by atoms with Gasteiger partial charge in [-0.3, -0.25) is 9.48 Å². The lowest BCUT2D eigenvalue weighted by molar-refractivity contribution is 0.0684. The van der Waals surface area contributed by atoms with Crippen molar-refractivity contribution < 1.29 is 4.79 Å². The minimum atomic E-state index is 0.127. The fraction of sp³-hybridized carbons (Fsp3) is 0.458. The number of hydrogen-bond donors (Lipinski definition) is 0. The molecule has 0 atom stereocenters. The van der Waals surface area contributed by atoms with Gasteiger partial charge in [0.25, 0.3) is 5.91 Å². The van der Waals surface area contributed by atoms with Gasteiger partial charge < -0.3 is 9.47 Å². The van der Waals surface area contributed by atoms with E-state index in [1.165, 1.54) is 5.69 Å². The number of benzene rings is 1. The Bertz CT molecular complexity index is 996. The smallest absolute Gasteiger partial charge is 0.257 e. The van der Waals surface area contributed by atoms with E-state index in [4.69, 9.17) is 0 Å². The quantitative estimate of drug-likeness (QED) is 0.613. The number of carbonyl (C=O) groups excluding carboxylic acids is 1. The number of likely N-dealkylation sites (tertiary alicyclic amines) is 1. The molecule has 30 heavy (non-hydrogen) atoms. The van der Waals surface area contributed by atoms with Crippen molar-refractivity contribution in [1.29, 1.82) is 0 Å². The van der Waals surface area contributed by atoms with Crippen LogP contribution in [0.25, 0.3) is 11.4 Å². The zero-order chi connectivity index (χ0) is 21.1. The van der Waals surface area contributed by atoms with Crippen molar-refractivity contribution in [1.82, 2.24) is 24.2 Å². The molecule has 158 valence electrons. The van der Waals surface area contributed by atoms with Crippen LogP contribution in [0.15, 0.2) is 42.7 Å². The SMILES string of the molecule is CCn1ncc(C(=O)N2CCC(CCn3c(C)cnc3-c3ccccc3)CC2)c1C. The van der Waals surface area contributed by atoms with Gasteiger partial charge in [0.1, 0.15) is 5.82 Å². The first-order valence-corrected chi connectivity index (χ1v) is 11.0. The van der Waals surface area contributed by atoms with Crippen molar-refractivity contribution >= 4 is 5.91 Å². The fourth-order valence-electron chi connectivity index (χ4n) is 4.44. The van der Waals surface area contributed by atoms with E-state index in [0.717, 1.165) is 68.1 Å². The molecule has 1 fully saturated rings. The summed E-state index contributed by atoms with van der Waals surface area (Å²) in [6.07, 6.45) is 6.91. The maximum absolute atomic E-state index is 12.9. The minimum Gasteiger partial charge on any atom is -0.339 e. The average molecular weight is 406 g/mol. The van der Waals surface area contributed by atoms with E-state index in [1.54, 1.807) is 6.20 Å². The third-order valence-electron chi connectivity index (χ3n) is 6.38.